The van der Waals surface area contributed by atoms with Gasteiger partial charge in [-0.05, 0) is 36.6 Å². The number of carboxylic acid groups (broad SMARTS) is 1. The Morgan fingerprint density at radius 3 is 2.25 bits per heavy atom. The van der Waals surface area contributed by atoms with Crippen molar-refractivity contribution >= 4 is 11.9 Å². The number of carbonyl (C=O) groups excluding carboxylic acids is 1. The molecule has 20 heavy (non-hydrogen) atoms. The van der Waals surface area contributed by atoms with Crippen molar-refractivity contribution in [2.75, 3.05) is 6.61 Å². The van der Waals surface area contributed by atoms with E-state index in [1.165, 1.54) is 24.3 Å². The van der Waals surface area contributed by atoms with Crippen molar-refractivity contribution < 1.29 is 19.4 Å². The second-order valence-electron chi connectivity index (χ2n) is 4.90. The first-order valence-electron chi connectivity index (χ1n) is 7.08. The molecule has 0 saturated carbocycles. The smallest absolute Gasteiger partial charge is 0.338 e. The Labute approximate surface area is 119 Å². The summed E-state index contributed by atoms with van der Waals surface area (Å²) in [4.78, 5) is 22.6. The van der Waals surface area contributed by atoms with E-state index in [1.54, 1.807) is 0 Å². The minimum absolute atomic E-state index is 0.163. The van der Waals surface area contributed by atoms with Crippen LogP contribution < -0.4 is 0 Å². The van der Waals surface area contributed by atoms with E-state index in [1.807, 2.05) is 0 Å². The lowest BCUT2D eigenvalue weighted by Crippen LogP contribution is -2.14. The lowest BCUT2D eigenvalue weighted by Gasteiger charge is -2.14. The van der Waals surface area contributed by atoms with Crippen LogP contribution in [0.4, 0.5) is 0 Å². The number of esters is 1. The van der Waals surface area contributed by atoms with Crippen LogP contribution in [0.2, 0.25) is 0 Å². The highest BCUT2D eigenvalue weighted by molar-refractivity contribution is 5.92. The molecule has 0 aliphatic rings. The van der Waals surface area contributed by atoms with E-state index in [-0.39, 0.29) is 5.56 Å². The van der Waals surface area contributed by atoms with Crippen LogP contribution >= 0.6 is 0 Å². The average molecular weight is 278 g/mol. The van der Waals surface area contributed by atoms with Gasteiger partial charge in [0.25, 0.3) is 0 Å². The highest BCUT2D eigenvalue weighted by atomic mass is 16.5. The second kappa shape index (κ2) is 8.35. The largest absolute Gasteiger partial charge is 0.478 e. The summed E-state index contributed by atoms with van der Waals surface area (Å²) in [7, 11) is 0. The first-order chi connectivity index (χ1) is 9.58. The van der Waals surface area contributed by atoms with Gasteiger partial charge in [0.05, 0.1) is 17.7 Å². The summed E-state index contributed by atoms with van der Waals surface area (Å²) >= 11 is 0. The Morgan fingerprint density at radius 2 is 1.75 bits per heavy atom. The predicted molar refractivity (Wildman–Crippen MR) is 77.0 cm³/mol. The van der Waals surface area contributed by atoms with Gasteiger partial charge in [0.15, 0.2) is 0 Å². The average Bonchev–Trinajstić information content (AvgIpc) is 2.47. The molecule has 4 nitrogen and oxygen atoms in total. The molecule has 4 heteroatoms. The van der Waals surface area contributed by atoms with Gasteiger partial charge in [-0.25, -0.2) is 9.59 Å². The van der Waals surface area contributed by atoms with E-state index >= 15 is 0 Å². The zero-order valence-electron chi connectivity index (χ0n) is 12.1. The molecule has 0 fully saturated rings. The first kappa shape index (κ1) is 16.2. The summed E-state index contributed by atoms with van der Waals surface area (Å²) in [5, 5.41) is 8.79. The van der Waals surface area contributed by atoms with Gasteiger partial charge in [0, 0.05) is 0 Å². The molecule has 1 atom stereocenters. The first-order valence-corrected chi connectivity index (χ1v) is 7.08. The van der Waals surface area contributed by atoms with Crippen LogP contribution in [0.5, 0.6) is 0 Å². The molecule has 0 saturated heterocycles. The lowest BCUT2D eigenvalue weighted by atomic mass is 10.0. The minimum atomic E-state index is -1.00. The fourth-order valence-electron chi connectivity index (χ4n) is 1.92. The maximum Gasteiger partial charge on any atom is 0.338 e. The molecule has 110 valence electrons. The Kier molecular flexibility index (Phi) is 6.77. The molecule has 0 unspecified atom stereocenters. The molecule has 0 amide bonds. The van der Waals surface area contributed by atoms with Gasteiger partial charge < -0.3 is 9.84 Å². The van der Waals surface area contributed by atoms with Crippen molar-refractivity contribution in [2.24, 2.45) is 5.92 Å². The third kappa shape index (κ3) is 5.03. The van der Waals surface area contributed by atoms with Crippen LogP contribution in [0.15, 0.2) is 24.3 Å². The second-order valence-corrected chi connectivity index (χ2v) is 4.90. The minimum Gasteiger partial charge on any atom is -0.478 e. The Hall–Kier alpha value is -1.84. The van der Waals surface area contributed by atoms with Crippen LogP contribution in [-0.2, 0) is 4.74 Å². The summed E-state index contributed by atoms with van der Waals surface area (Å²) in [6.07, 6.45) is 4.34. The quantitative estimate of drug-likeness (QED) is 0.735. The topological polar surface area (TPSA) is 63.6 Å². The van der Waals surface area contributed by atoms with Gasteiger partial charge in [0.2, 0.25) is 0 Å². The summed E-state index contributed by atoms with van der Waals surface area (Å²) in [5.74, 6) is -0.996. The van der Waals surface area contributed by atoms with Crippen LogP contribution in [-0.4, -0.2) is 23.7 Å². The van der Waals surface area contributed by atoms with Gasteiger partial charge in [0.1, 0.15) is 0 Å². The highest BCUT2D eigenvalue weighted by Crippen LogP contribution is 2.14. The zero-order valence-corrected chi connectivity index (χ0v) is 12.1. The third-order valence-corrected chi connectivity index (χ3v) is 3.36. The van der Waals surface area contributed by atoms with Gasteiger partial charge in [-0.2, -0.15) is 0 Å². The predicted octanol–water partition coefficient (Wildman–Crippen LogP) is 3.76. The molecule has 1 aromatic rings. The molecule has 1 aromatic carbocycles. The number of carboxylic acids is 1. The maximum absolute atomic E-state index is 11.9. The molecular weight excluding hydrogens is 256 g/mol. The molecule has 0 aliphatic carbocycles. The van der Waals surface area contributed by atoms with Crippen molar-refractivity contribution in [1.29, 1.82) is 0 Å². The summed E-state index contributed by atoms with van der Waals surface area (Å²) in [5.41, 5.74) is 0.552. The molecule has 0 heterocycles. The van der Waals surface area contributed by atoms with Crippen LogP contribution in [0, 0.1) is 5.92 Å². The molecule has 0 aromatic heterocycles. The highest BCUT2D eigenvalue weighted by Gasteiger charge is 2.12. The molecule has 1 rings (SSSR count). The molecule has 0 spiro atoms. The number of carbonyl (C=O) groups is 2. The van der Waals surface area contributed by atoms with Crippen LogP contribution in [0.25, 0.3) is 0 Å². The number of ether oxygens (including phenoxy) is 1. The van der Waals surface area contributed by atoms with Crippen molar-refractivity contribution in [3.8, 4) is 0 Å². The van der Waals surface area contributed by atoms with Gasteiger partial charge in [-0.3, -0.25) is 0 Å². The van der Waals surface area contributed by atoms with E-state index in [4.69, 9.17) is 9.84 Å². The summed E-state index contributed by atoms with van der Waals surface area (Å²) < 4.78 is 5.29. The van der Waals surface area contributed by atoms with Crippen LogP contribution in [0.3, 0.4) is 0 Å². The number of hydrogen-bond acceptors (Lipinski definition) is 3. The lowest BCUT2D eigenvalue weighted by molar-refractivity contribution is 0.0427. The number of unbranched alkanes of at least 4 members (excludes halogenated alkanes) is 1. The Morgan fingerprint density at radius 1 is 1.15 bits per heavy atom. The monoisotopic (exact) mass is 278 g/mol. The number of rotatable bonds is 8. The SMILES string of the molecule is CCCC[C@H](CC)COC(=O)c1ccc(C(=O)O)cc1. The number of benzene rings is 1. The fraction of sp³-hybridized carbons (Fsp3) is 0.500. The maximum atomic E-state index is 11.9. The Balaban J connectivity index is 2.51. The van der Waals surface area contributed by atoms with Gasteiger partial charge in [-0.1, -0.05) is 33.1 Å². The standard InChI is InChI=1S/C16H22O4/c1-3-5-6-12(4-2)11-20-16(19)14-9-7-13(8-10-14)15(17)18/h7-10,12H,3-6,11H2,1-2H3,(H,17,18)/t12-/m0/s1. The van der Waals surface area contributed by atoms with E-state index in [9.17, 15) is 9.59 Å². The van der Waals surface area contributed by atoms with Crippen LogP contribution in [0.1, 0.15) is 60.2 Å². The normalized spacial score (nSPS) is 11.9. The number of aromatic carboxylic acids is 1. The molecular formula is C16H22O4. The van der Waals surface area contributed by atoms with E-state index < -0.39 is 11.9 Å². The van der Waals surface area contributed by atoms with E-state index in [2.05, 4.69) is 13.8 Å². The van der Waals surface area contributed by atoms with Crippen molar-refractivity contribution in [1.82, 2.24) is 0 Å². The molecule has 0 bridgehead atoms. The van der Waals surface area contributed by atoms with Crippen molar-refractivity contribution in [2.45, 2.75) is 39.5 Å². The van der Waals surface area contributed by atoms with Gasteiger partial charge >= 0.3 is 11.9 Å². The van der Waals surface area contributed by atoms with Crippen molar-refractivity contribution in [3.63, 3.8) is 0 Å². The molecule has 0 aliphatic heterocycles. The summed E-state index contributed by atoms with van der Waals surface area (Å²) in [6, 6.07) is 5.79. The number of hydrogen-bond donors (Lipinski definition) is 1. The van der Waals surface area contributed by atoms with E-state index in [0.29, 0.717) is 18.1 Å². The third-order valence-electron chi connectivity index (χ3n) is 3.36. The van der Waals surface area contributed by atoms with Gasteiger partial charge in [-0.15, -0.1) is 0 Å². The summed E-state index contributed by atoms with van der Waals surface area (Å²) in [6.45, 7) is 4.66. The molecule has 0 radical (unpaired) electrons. The van der Waals surface area contributed by atoms with E-state index in [0.717, 1.165) is 25.7 Å². The molecule has 1 N–H and O–H groups in total. The zero-order chi connectivity index (χ0) is 15.0. The van der Waals surface area contributed by atoms with Crippen molar-refractivity contribution in [3.05, 3.63) is 35.4 Å². The fourth-order valence-corrected chi connectivity index (χ4v) is 1.92. The Bertz CT molecular complexity index is 436.